The fourth-order valence-electron chi connectivity index (χ4n) is 3.11. The van der Waals surface area contributed by atoms with Gasteiger partial charge in [-0.05, 0) is 35.9 Å². The molecule has 4 aromatic rings. The van der Waals surface area contributed by atoms with Crippen molar-refractivity contribution < 1.29 is 9.72 Å². The highest BCUT2D eigenvalue weighted by Crippen LogP contribution is 2.28. The summed E-state index contributed by atoms with van der Waals surface area (Å²) in [4.78, 5) is 23.1. The van der Waals surface area contributed by atoms with E-state index in [0.29, 0.717) is 0 Å². The van der Waals surface area contributed by atoms with Crippen molar-refractivity contribution in [3.8, 4) is 0 Å². The van der Waals surface area contributed by atoms with Gasteiger partial charge in [-0.15, -0.1) is 0 Å². The van der Waals surface area contributed by atoms with Crippen LogP contribution >= 0.6 is 0 Å². The van der Waals surface area contributed by atoms with Crippen molar-refractivity contribution in [3.63, 3.8) is 0 Å². The first kappa shape index (κ1) is 15.8. The zero-order valence-electron chi connectivity index (χ0n) is 13.7. The van der Waals surface area contributed by atoms with Gasteiger partial charge >= 0.3 is 0 Å². The van der Waals surface area contributed by atoms with Gasteiger partial charge in [0, 0.05) is 29.0 Å². The summed E-state index contributed by atoms with van der Waals surface area (Å²) < 4.78 is 1.69. The number of nitrogens with zero attached hydrogens (tertiary/aromatic N) is 2. The smallest absolute Gasteiger partial charge is 0.269 e. The zero-order chi connectivity index (χ0) is 18.1. The van der Waals surface area contributed by atoms with Crippen molar-refractivity contribution in [1.82, 2.24) is 4.57 Å². The molecule has 4 rings (SSSR count). The predicted molar refractivity (Wildman–Crippen MR) is 102 cm³/mol. The minimum atomic E-state index is -0.448. The van der Waals surface area contributed by atoms with Crippen molar-refractivity contribution in [2.75, 3.05) is 0 Å². The minimum Gasteiger partial charge on any atom is -0.276 e. The van der Waals surface area contributed by atoms with Gasteiger partial charge in [0.25, 0.3) is 11.6 Å². The number of hydrogen-bond acceptors (Lipinski definition) is 3. The number of nitro groups is 1. The average Bonchev–Trinajstić information content (AvgIpc) is 3.01. The molecule has 0 bridgehead atoms. The number of carbonyl (C=O) groups excluding carboxylic acids is 1. The first-order chi connectivity index (χ1) is 12.6. The summed E-state index contributed by atoms with van der Waals surface area (Å²) in [5.41, 5.74) is 2.46. The van der Waals surface area contributed by atoms with E-state index in [0.717, 1.165) is 27.4 Å². The molecular formula is C21H14N2O3. The summed E-state index contributed by atoms with van der Waals surface area (Å²) in [6.07, 6.45) is 3.15. The van der Waals surface area contributed by atoms with Crippen molar-refractivity contribution in [2.45, 2.75) is 0 Å². The number of benzene rings is 3. The van der Waals surface area contributed by atoms with Crippen LogP contribution in [0.5, 0.6) is 0 Å². The first-order valence-corrected chi connectivity index (χ1v) is 8.10. The normalized spacial score (nSPS) is 11.4. The molecule has 1 aromatic heterocycles. The number of aromatic nitrogens is 1. The van der Waals surface area contributed by atoms with E-state index >= 15 is 0 Å². The summed E-state index contributed by atoms with van der Waals surface area (Å²) in [6.45, 7) is 0. The molecule has 0 aliphatic heterocycles. The third kappa shape index (κ3) is 2.65. The third-order valence-electron chi connectivity index (χ3n) is 4.32. The Morgan fingerprint density at radius 3 is 1.92 bits per heavy atom. The van der Waals surface area contributed by atoms with Crippen molar-refractivity contribution >= 4 is 39.5 Å². The molecular weight excluding hydrogens is 328 g/mol. The quantitative estimate of drug-likeness (QED) is 0.297. The van der Waals surface area contributed by atoms with Gasteiger partial charge in [-0.3, -0.25) is 19.5 Å². The molecule has 0 fully saturated rings. The van der Waals surface area contributed by atoms with Crippen molar-refractivity contribution in [1.29, 1.82) is 0 Å². The number of allylic oxidation sites excluding steroid dienone is 1. The topological polar surface area (TPSA) is 65.1 Å². The van der Waals surface area contributed by atoms with Crippen LogP contribution in [0.1, 0.15) is 10.4 Å². The molecule has 0 amide bonds. The molecule has 126 valence electrons. The van der Waals surface area contributed by atoms with Gasteiger partial charge in [-0.2, -0.15) is 0 Å². The van der Waals surface area contributed by atoms with E-state index in [-0.39, 0.29) is 11.6 Å². The standard InChI is InChI=1S/C21H14N2O3/c24-21(14-11-15-9-12-16(13-10-15)23(25)26)22-19-7-3-1-5-17(19)18-6-2-4-8-20(18)22/h1-14H. The Balaban J connectivity index is 1.75. The molecule has 0 atom stereocenters. The molecule has 0 spiro atoms. The van der Waals surface area contributed by atoms with E-state index in [1.807, 2.05) is 48.5 Å². The van der Waals surface area contributed by atoms with E-state index in [4.69, 9.17) is 0 Å². The summed E-state index contributed by atoms with van der Waals surface area (Å²) in [5, 5.41) is 12.8. The lowest BCUT2D eigenvalue weighted by atomic mass is 10.2. The maximum atomic E-state index is 12.9. The Kier molecular flexibility index (Phi) is 3.82. The van der Waals surface area contributed by atoms with E-state index in [9.17, 15) is 14.9 Å². The molecule has 3 aromatic carbocycles. The minimum absolute atomic E-state index is 0.0240. The van der Waals surface area contributed by atoms with Gasteiger partial charge in [0.2, 0.25) is 0 Å². The summed E-state index contributed by atoms with van der Waals surface area (Å²) in [5.74, 6) is -0.166. The monoisotopic (exact) mass is 342 g/mol. The van der Waals surface area contributed by atoms with Crippen LogP contribution in [-0.4, -0.2) is 15.4 Å². The third-order valence-corrected chi connectivity index (χ3v) is 4.32. The Morgan fingerprint density at radius 1 is 0.846 bits per heavy atom. The molecule has 0 radical (unpaired) electrons. The maximum Gasteiger partial charge on any atom is 0.269 e. The van der Waals surface area contributed by atoms with Crippen LogP contribution in [0.3, 0.4) is 0 Å². The summed E-state index contributed by atoms with van der Waals surface area (Å²) in [7, 11) is 0. The number of nitro benzene ring substituents is 1. The highest BCUT2D eigenvalue weighted by atomic mass is 16.6. The number of hydrogen-bond donors (Lipinski definition) is 0. The molecule has 5 nitrogen and oxygen atoms in total. The Bertz CT molecular complexity index is 1120. The molecule has 0 aliphatic carbocycles. The highest BCUT2D eigenvalue weighted by molar-refractivity contribution is 6.15. The van der Waals surface area contributed by atoms with Crippen LogP contribution in [0.15, 0.2) is 78.9 Å². The number of fused-ring (bicyclic) bond motifs is 3. The number of non-ortho nitro benzene ring substituents is 1. The molecule has 26 heavy (non-hydrogen) atoms. The molecule has 0 N–H and O–H groups in total. The lowest BCUT2D eigenvalue weighted by molar-refractivity contribution is -0.384. The molecule has 0 saturated carbocycles. The Hall–Kier alpha value is -3.73. The Labute approximate surface area is 148 Å². The second-order valence-corrected chi connectivity index (χ2v) is 5.89. The number of carbonyl (C=O) groups is 1. The first-order valence-electron chi connectivity index (χ1n) is 8.10. The molecule has 0 aliphatic rings. The van der Waals surface area contributed by atoms with Crippen molar-refractivity contribution in [2.24, 2.45) is 0 Å². The fourth-order valence-corrected chi connectivity index (χ4v) is 3.11. The van der Waals surface area contributed by atoms with Crippen LogP contribution in [0, 0.1) is 10.1 Å². The van der Waals surface area contributed by atoms with Crippen LogP contribution in [0.25, 0.3) is 27.9 Å². The fraction of sp³-hybridized carbons (Fsp3) is 0. The number of para-hydroxylation sites is 2. The zero-order valence-corrected chi connectivity index (χ0v) is 13.7. The molecule has 0 saturated heterocycles. The molecule has 5 heteroatoms. The van der Waals surface area contributed by atoms with Crippen molar-refractivity contribution in [3.05, 3.63) is 94.6 Å². The van der Waals surface area contributed by atoms with Crippen LogP contribution < -0.4 is 0 Å². The van der Waals surface area contributed by atoms with Gasteiger partial charge in [0.15, 0.2) is 0 Å². The highest BCUT2D eigenvalue weighted by Gasteiger charge is 2.13. The number of rotatable bonds is 3. The van der Waals surface area contributed by atoms with E-state index in [2.05, 4.69) is 0 Å². The van der Waals surface area contributed by atoms with Gasteiger partial charge in [-0.1, -0.05) is 36.4 Å². The van der Waals surface area contributed by atoms with E-state index in [1.165, 1.54) is 18.2 Å². The second kappa shape index (κ2) is 6.29. The van der Waals surface area contributed by atoms with Crippen LogP contribution in [0.4, 0.5) is 5.69 Å². The van der Waals surface area contributed by atoms with E-state index < -0.39 is 4.92 Å². The average molecular weight is 342 g/mol. The van der Waals surface area contributed by atoms with Gasteiger partial charge in [0.05, 0.1) is 16.0 Å². The SMILES string of the molecule is O=C(C=Cc1ccc([N+](=O)[O-])cc1)n1c2ccccc2c2ccccc21. The molecule has 0 unspecified atom stereocenters. The second-order valence-electron chi connectivity index (χ2n) is 5.89. The van der Waals surface area contributed by atoms with Gasteiger partial charge in [-0.25, -0.2) is 0 Å². The lowest BCUT2D eigenvalue weighted by Gasteiger charge is -2.02. The van der Waals surface area contributed by atoms with Gasteiger partial charge in [0.1, 0.15) is 0 Å². The maximum absolute atomic E-state index is 12.9. The van der Waals surface area contributed by atoms with E-state index in [1.54, 1.807) is 22.8 Å². The Morgan fingerprint density at radius 2 is 1.38 bits per heavy atom. The largest absolute Gasteiger partial charge is 0.276 e. The van der Waals surface area contributed by atoms with Crippen LogP contribution in [0.2, 0.25) is 0 Å². The van der Waals surface area contributed by atoms with Crippen LogP contribution in [-0.2, 0) is 0 Å². The summed E-state index contributed by atoms with van der Waals surface area (Å²) >= 11 is 0. The summed E-state index contributed by atoms with van der Waals surface area (Å²) in [6, 6.07) is 21.7. The predicted octanol–water partition coefficient (Wildman–Crippen LogP) is 5.06. The lowest BCUT2D eigenvalue weighted by Crippen LogP contribution is -2.06. The molecule has 1 heterocycles. The van der Waals surface area contributed by atoms with Gasteiger partial charge < -0.3 is 0 Å².